The van der Waals surface area contributed by atoms with Gasteiger partial charge >= 0.3 is 0 Å². The topological polar surface area (TPSA) is 26.3 Å². The molecule has 0 radical (unpaired) electrons. The molecular weight excluding hydrogens is 344 g/mol. The maximum atomic E-state index is 12.3. The highest BCUT2D eigenvalue weighted by Gasteiger charge is 2.63. The Bertz CT molecular complexity index is 443. The average Bonchev–Trinajstić information content (AvgIpc) is 2.59. The predicted octanol–water partition coefficient (Wildman–Crippen LogP) is 3.49. The molecule has 0 aromatic carbocycles. The van der Waals surface area contributed by atoms with Gasteiger partial charge in [-0.05, 0) is 50.3 Å². The van der Waals surface area contributed by atoms with E-state index in [1.165, 1.54) is 0 Å². The quantitative estimate of drug-likeness (QED) is 0.762. The zero-order valence-corrected chi connectivity index (χ0v) is 11.7. The van der Waals surface area contributed by atoms with Gasteiger partial charge in [0.1, 0.15) is 0 Å². The third-order valence-corrected chi connectivity index (χ3v) is 5.60. The summed E-state index contributed by atoms with van der Waals surface area (Å²) in [6.45, 7) is 1.37. The molecule has 5 heteroatoms. The molecule has 80 valence electrons. The highest BCUT2D eigenvalue weighted by atomic mass is 79.9. The second kappa shape index (κ2) is 3.39. The Morgan fingerprint density at radius 2 is 2.40 bits per heavy atom. The lowest BCUT2D eigenvalue weighted by molar-refractivity contribution is 0.0829. The Kier molecular flexibility index (Phi) is 2.36. The highest BCUT2D eigenvalue weighted by molar-refractivity contribution is 9.12. The number of halogens is 2. The number of rotatable bonds is 2. The Morgan fingerprint density at radius 3 is 2.87 bits per heavy atom. The Hall–Kier alpha value is 0.290. The number of fused-ring (bicyclic) bond motifs is 1. The highest BCUT2D eigenvalue weighted by Crippen LogP contribution is 2.59. The molecule has 0 spiro atoms. The summed E-state index contributed by atoms with van der Waals surface area (Å²) in [7, 11) is 0. The second-order valence-corrected chi connectivity index (χ2v) is 7.89. The minimum absolute atomic E-state index is 0.178. The van der Waals surface area contributed by atoms with Crippen LogP contribution in [0.3, 0.4) is 0 Å². The smallest absolute Gasteiger partial charge is 0.173 e. The molecule has 2 fully saturated rings. The SMILES string of the molecule is O=C(c1cc(Br)sc1Br)C12COCC1C2. The number of ether oxygens (including phenoxy) is 1. The third-order valence-electron chi connectivity index (χ3n) is 3.26. The van der Waals surface area contributed by atoms with E-state index in [9.17, 15) is 4.79 Å². The summed E-state index contributed by atoms with van der Waals surface area (Å²) < 4.78 is 7.27. The van der Waals surface area contributed by atoms with Crippen LogP contribution >= 0.6 is 43.2 Å². The number of ketones is 1. The summed E-state index contributed by atoms with van der Waals surface area (Å²) >= 11 is 8.38. The van der Waals surface area contributed by atoms with Crippen LogP contribution in [0.15, 0.2) is 13.6 Å². The molecule has 0 amide bonds. The summed E-state index contributed by atoms with van der Waals surface area (Å²) in [6, 6.07) is 1.90. The Morgan fingerprint density at radius 1 is 1.60 bits per heavy atom. The first-order chi connectivity index (χ1) is 7.13. The minimum atomic E-state index is -0.178. The number of hydrogen-bond donors (Lipinski definition) is 0. The van der Waals surface area contributed by atoms with Gasteiger partial charge in [0, 0.05) is 5.56 Å². The van der Waals surface area contributed by atoms with Gasteiger partial charge in [-0.2, -0.15) is 0 Å². The molecule has 1 saturated heterocycles. The third kappa shape index (κ3) is 1.47. The standard InChI is InChI=1S/C10H8Br2O2S/c11-7-1-6(9(12)15-7)8(13)10-2-5(10)3-14-4-10/h1,5H,2-4H2. The van der Waals surface area contributed by atoms with Crippen molar-refractivity contribution in [3.63, 3.8) is 0 Å². The van der Waals surface area contributed by atoms with Crippen LogP contribution in [0, 0.1) is 11.3 Å². The zero-order chi connectivity index (χ0) is 10.6. The maximum Gasteiger partial charge on any atom is 0.173 e. The molecule has 1 aliphatic heterocycles. The molecule has 2 aliphatic rings. The zero-order valence-electron chi connectivity index (χ0n) is 7.76. The van der Waals surface area contributed by atoms with Crippen molar-refractivity contribution in [1.82, 2.24) is 0 Å². The van der Waals surface area contributed by atoms with Crippen LogP contribution in [0.5, 0.6) is 0 Å². The van der Waals surface area contributed by atoms with E-state index in [2.05, 4.69) is 31.9 Å². The molecule has 1 aromatic rings. The van der Waals surface area contributed by atoms with E-state index in [1.807, 2.05) is 6.07 Å². The number of carbonyl (C=O) groups is 1. The fourth-order valence-corrected chi connectivity index (χ4v) is 5.06. The fraction of sp³-hybridized carbons (Fsp3) is 0.500. The van der Waals surface area contributed by atoms with Gasteiger partial charge in [-0.15, -0.1) is 11.3 Å². The van der Waals surface area contributed by atoms with Crippen LogP contribution in [0.1, 0.15) is 16.8 Å². The van der Waals surface area contributed by atoms with Crippen molar-refractivity contribution in [3.8, 4) is 0 Å². The van der Waals surface area contributed by atoms with Crippen molar-refractivity contribution >= 4 is 49.0 Å². The van der Waals surface area contributed by atoms with E-state index in [0.29, 0.717) is 12.5 Å². The van der Waals surface area contributed by atoms with Gasteiger partial charge in [0.2, 0.25) is 0 Å². The lowest BCUT2D eigenvalue weighted by Crippen LogP contribution is -2.19. The Balaban J connectivity index is 1.95. The van der Waals surface area contributed by atoms with Crippen molar-refractivity contribution in [1.29, 1.82) is 0 Å². The minimum Gasteiger partial charge on any atom is -0.380 e. The molecule has 2 heterocycles. The first kappa shape index (κ1) is 10.4. The van der Waals surface area contributed by atoms with Crippen molar-refractivity contribution in [2.24, 2.45) is 11.3 Å². The maximum absolute atomic E-state index is 12.3. The van der Waals surface area contributed by atoms with Crippen LogP contribution in [-0.4, -0.2) is 19.0 Å². The number of carbonyl (C=O) groups excluding carboxylic acids is 1. The molecular formula is C10H8Br2O2S. The molecule has 2 atom stereocenters. The van der Waals surface area contributed by atoms with Gasteiger partial charge in [0.05, 0.1) is 26.2 Å². The van der Waals surface area contributed by atoms with Gasteiger partial charge in [-0.3, -0.25) is 4.79 Å². The molecule has 1 aliphatic carbocycles. The van der Waals surface area contributed by atoms with E-state index in [-0.39, 0.29) is 11.2 Å². The van der Waals surface area contributed by atoms with Gasteiger partial charge in [0.25, 0.3) is 0 Å². The lowest BCUT2D eigenvalue weighted by atomic mass is 9.96. The van der Waals surface area contributed by atoms with Crippen molar-refractivity contribution in [3.05, 3.63) is 19.2 Å². The molecule has 0 N–H and O–H groups in total. The normalized spacial score (nSPS) is 32.8. The monoisotopic (exact) mass is 350 g/mol. The predicted molar refractivity (Wildman–Crippen MR) is 65.4 cm³/mol. The molecule has 2 nitrogen and oxygen atoms in total. The van der Waals surface area contributed by atoms with Crippen molar-refractivity contribution in [2.45, 2.75) is 6.42 Å². The molecule has 2 unspecified atom stereocenters. The number of Topliss-reactive ketones (excluding diaryl/α,β-unsaturated/α-hetero) is 1. The lowest BCUT2D eigenvalue weighted by Gasteiger charge is -2.08. The van der Waals surface area contributed by atoms with Gasteiger partial charge in [-0.25, -0.2) is 0 Å². The molecule has 1 saturated carbocycles. The molecule has 0 bridgehead atoms. The average molecular weight is 352 g/mol. The number of hydrogen-bond acceptors (Lipinski definition) is 3. The summed E-state index contributed by atoms with van der Waals surface area (Å²) in [4.78, 5) is 12.3. The van der Waals surface area contributed by atoms with E-state index in [1.54, 1.807) is 11.3 Å². The summed E-state index contributed by atoms with van der Waals surface area (Å²) in [5, 5.41) is 0. The molecule has 15 heavy (non-hydrogen) atoms. The summed E-state index contributed by atoms with van der Waals surface area (Å²) in [5.74, 6) is 0.717. The first-order valence-corrected chi connectivity index (χ1v) is 7.11. The summed E-state index contributed by atoms with van der Waals surface area (Å²) in [5.41, 5.74) is 0.628. The van der Waals surface area contributed by atoms with Gasteiger partial charge < -0.3 is 4.74 Å². The largest absolute Gasteiger partial charge is 0.380 e. The van der Waals surface area contributed by atoms with Gasteiger partial charge in [0.15, 0.2) is 5.78 Å². The van der Waals surface area contributed by atoms with Gasteiger partial charge in [-0.1, -0.05) is 0 Å². The molecule has 3 rings (SSSR count). The Labute approximate surface area is 108 Å². The first-order valence-electron chi connectivity index (χ1n) is 4.71. The van der Waals surface area contributed by atoms with E-state index in [0.717, 1.165) is 26.2 Å². The van der Waals surface area contributed by atoms with E-state index in [4.69, 9.17) is 4.74 Å². The van der Waals surface area contributed by atoms with Crippen LogP contribution in [-0.2, 0) is 4.74 Å². The van der Waals surface area contributed by atoms with Crippen LogP contribution in [0.25, 0.3) is 0 Å². The van der Waals surface area contributed by atoms with Crippen molar-refractivity contribution < 1.29 is 9.53 Å². The second-order valence-electron chi connectivity index (χ2n) is 4.14. The summed E-state index contributed by atoms with van der Waals surface area (Å²) in [6.07, 6.45) is 1.01. The van der Waals surface area contributed by atoms with Crippen LogP contribution in [0.4, 0.5) is 0 Å². The van der Waals surface area contributed by atoms with E-state index >= 15 is 0 Å². The number of thiophene rings is 1. The fourth-order valence-electron chi connectivity index (χ4n) is 2.27. The van der Waals surface area contributed by atoms with Crippen LogP contribution in [0.2, 0.25) is 0 Å². The van der Waals surface area contributed by atoms with E-state index < -0.39 is 0 Å². The van der Waals surface area contributed by atoms with Crippen LogP contribution < -0.4 is 0 Å². The van der Waals surface area contributed by atoms with Crippen molar-refractivity contribution in [2.75, 3.05) is 13.2 Å². The molecule has 1 aromatic heterocycles.